The molecule has 0 aromatic heterocycles. The highest BCUT2D eigenvalue weighted by Gasteiger charge is 2.42. The van der Waals surface area contributed by atoms with Crippen LogP contribution in [-0.2, 0) is 19.7 Å². The van der Waals surface area contributed by atoms with Crippen LogP contribution < -0.4 is 19.6 Å². The summed E-state index contributed by atoms with van der Waals surface area (Å²) in [7, 11) is -7.52. The van der Waals surface area contributed by atoms with Crippen molar-refractivity contribution in [1.29, 1.82) is 0 Å². The zero-order valence-corrected chi connectivity index (χ0v) is 60.2. The quantitative estimate of drug-likeness (QED) is 0.145. The Morgan fingerprint density at radius 2 is 0.378 bits per heavy atom. The Labute approximate surface area is 591 Å². The second-order valence-electron chi connectivity index (χ2n) is 26.7. The SMILES string of the molecule is CC(C)c1cc2c(cc1N1c3ccccc3Sc3ccccc31)-c1cc(N3c4ccccc4Sc4ccccc43)c(C(C)C)cc1S2(=O)=O.CC(C)c1cc2c(cc1N1c3ccccc3Sc3ccccc31)-c1cc(N3c4ccccc4Sc4ccccc43)c(C(C)C)cc1S2(=O)=O. The van der Waals surface area contributed by atoms with Crippen molar-refractivity contribution in [3.63, 3.8) is 0 Å². The molecule has 0 radical (unpaired) electrons. The van der Waals surface area contributed by atoms with Gasteiger partial charge in [0.05, 0.1) is 87.8 Å². The molecule has 0 amide bonds. The zero-order valence-electron chi connectivity index (χ0n) is 55.3. The zero-order chi connectivity index (χ0) is 67.2. The van der Waals surface area contributed by atoms with E-state index in [1.54, 1.807) is 47.0 Å². The van der Waals surface area contributed by atoms with Gasteiger partial charge in [0.25, 0.3) is 0 Å². The lowest BCUT2D eigenvalue weighted by Crippen LogP contribution is -2.17. The molecule has 6 aliphatic rings. The van der Waals surface area contributed by atoms with E-state index in [9.17, 15) is 16.8 Å². The molecule has 0 unspecified atom stereocenters. The first kappa shape index (κ1) is 62.6. The van der Waals surface area contributed by atoms with E-state index in [0.717, 1.165) is 113 Å². The largest absolute Gasteiger partial charge is 0.308 e. The van der Waals surface area contributed by atoms with Crippen LogP contribution >= 0.6 is 47.0 Å². The van der Waals surface area contributed by atoms with Crippen molar-refractivity contribution in [2.45, 2.75) is 138 Å². The molecule has 6 aliphatic heterocycles. The lowest BCUT2D eigenvalue weighted by molar-refractivity contribution is 0.596. The lowest BCUT2D eigenvalue weighted by atomic mass is 9.92. The lowest BCUT2D eigenvalue weighted by Gasteiger charge is -2.35. The predicted octanol–water partition coefficient (Wildman–Crippen LogP) is 25.2. The summed E-state index contributed by atoms with van der Waals surface area (Å²) in [4.78, 5) is 20.3. The Kier molecular flexibility index (Phi) is 15.3. The third-order valence-electron chi connectivity index (χ3n) is 19.4. The van der Waals surface area contributed by atoms with Crippen LogP contribution in [0, 0.1) is 0 Å². The summed E-state index contributed by atoms with van der Waals surface area (Å²) in [6.45, 7) is 17.2. The average molecular weight is 1390 g/mol. The number of hydrogen-bond donors (Lipinski definition) is 0. The normalized spacial score (nSPS) is 15.0. The van der Waals surface area contributed by atoms with E-state index in [0.29, 0.717) is 19.6 Å². The molecule has 8 nitrogen and oxygen atoms in total. The van der Waals surface area contributed by atoms with Crippen molar-refractivity contribution in [3.05, 3.63) is 265 Å². The molecule has 0 aliphatic carbocycles. The predicted molar refractivity (Wildman–Crippen MR) is 406 cm³/mol. The standard InChI is InChI=1S/2C42H34N2O2S3/c2*1-25(2)27-23-41-29(21-35(27)43-31-13-5-9-17-37(31)47-38-18-10-6-14-32(38)43)30-22-36(28(26(3)4)24-42(30)49(41,45)46)44-33-15-7-11-19-39(33)48-40-20-12-8-16-34(40)44/h2*5-26H,1-4H3. The minimum atomic E-state index is -3.76. The van der Waals surface area contributed by atoms with Gasteiger partial charge >= 0.3 is 0 Å². The number of hydrogen-bond acceptors (Lipinski definition) is 12. The van der Waals surface area contributed by atoms with Gasteiger partial charge in [-0.15, -0.1) is 0 Å². The molecule has 0 saturated heterocycles. The second kappa shape index (κ2) is 24.0. The molecule has 98 heavy (non-hydrogen) atoms. The molecule has 0 bridgehead atoms. The smallest absolute Gasteiger partial charge is 0.207 e. The van der Waals surface area contributed by atoms with Gasteiger partial charge in [-0.25, -0.2) is 16.8 Å². The summed E-state index contributed by atoms with van der Waals surface area (Å²) in [5, 5.41) is 0. The summed E-state index contributed by atoms with van der Waals surface area (Å²) in [5.41, 5.74) is 19.9. The summed E-state index contributed by atoms with van der Waals surface area (Å²) in [6, 6.07) is 84.3. The fourth-order valence-electron chi connectivity index (χ4n) is 14.8. The Bertz CT molecular complexity index is 4740. The Morgan fingerprint density at radius 3 is 0.531 bits per heavy atom. The average Bonchev–Trinajstić information content (AvgIpc) is 1.54. The summed E-state index contributed by atoms with van der Waals surface area (Å²) < 4.78 is 58.2. The van der Waals surface area contributed by atoms with E-state index in [1.165, 1.54) is 39.2 Å². The van der Waals surface area contributed by atoms with Crippen molar-refractivity contribution in [2.75, 3.05) is 19.6 Å². The highest BCUT2D eigenvalue weighted by molar-refractivity contribution is 8.00. The van der Waals surface area contributed by atoms with Crippen molar-refractivity contribution in [3.8, 4) is 22.3 Å². The molecule has 0 N–H and O–H groups in total. The topological polar surface area (TPSA) is 81.2 Å². The first-order valence-corrected chi connectivity index (χ1v) is 39.5. The first-order valence-electron chi connectivity index (χ1n) is 33.3. The number of anilines is 12. The molecule has 484 valence electrons. The molecule has 12 aromatic carbocycles. The molecule has 0 spiro atoms. The third-order valence-corrected chi connectivity index (χ3v) is 27.6. The van der Waals surface area contributed by atoms with Crippen LogP contribution in [0.25, 0.3) is 22.3 Å². The van der Waals surface area contributed by atoms with Crippen LogP contribution in [-0.4, -0.2) is 16.8 Å². The van der Waals surface area contributed by atoms with E-state index in [-0.39, 0.29) is 23.7 Å². The van der Waals surface area contributed by atoms with Crippen molar-refractivity contribution >= 4 is 135 Å². The van der Waals surface area contributed by atoms with E-state index >= 15 is 0 Å². The molecular formula is C84H68N4O4S6. The minimum absolute atomic E-state index is 0.0914. The maximum atomic E-state index is 14.6. The van der Waals surface area contributed by atoms with Gasteiger partial charge in [-0.1, -0.05) is 199 Å². The van der Waals surface area contributed by atoms with Crippen molar-refractivity contribution in [1.82, 2.24) is 0 Å². The first-order chi connectivity index (χ1) is 47.4. The van der Waals surface area contributed by atoms with Gasteiger partial charge in [0.15, 0.2) is 0 Å². The molecule has 0 atom stereocenters. The number of benzene rings is 12. The fourth-order valence-corrected chi connectivity index (χ4v) is 22.5. The maximum absolute atomic E-state index is 14.6. The van der Waals surface area contributed by atoms with Crippen LogP contribution in [0.15, 0.2) is 301 Å². The number of nitrogens with zero attached hydrogens (tertiary/aromatic N) is 4. The van der Waals surface area contributed by atoms with Crippen LogP contribution in [0.5, 0.6) is 0 Å². The number of rotatable bonds is 8. The van der Waals surface area contributed by atoms with E-state index in [4.69, 9.17) is 0 Å². The number of sulfone groups is 2. The van der Waals surface area contributed by atoms with Gasteiger partial charge in [-0.2, -0.15) is 0 Å². The van der Waals surface area contributed by atoms with Gasteiger partial charge in [-0.05, 0) is 192 Å². The molecule has 18 rings (SSSR count). The van der Waals surface area contributed by atoms with Gasteiger partial charge in [0.1, 0.15) is 0 Å². The number of fused-ring (bicyclic) bond motifs is 14. The summed E-state index contributed by atoms with van der Waals surface area (Å²) in [6.07, 6.45) is 0. The Balaban J connectivity index is 0.000000147. The van der Waals surface area contributed by atoms with Crippen molar-refractivity contribution < 1.29 is 16.8 Å². The molecule has 6 heterocycles. The van der Waals surface area contributed by atoms with Gasteiger partial charge in [0, 0.05) is 61.4 Å². The molecule has 14 heteroatoms. The summed E-state index contributed by atoms with van der Waals surface area (Å²) in [5.74, 6) is 0.366. The maximum Gasteiger partial charge on any atom is 0.207 e. The van der Waals surface area contributed by atoms with E-state index in [2.05, 4.69) is 293 Å². The number of para-hydroxylation sites is 8. The molecule has 0 saturated carbocycles. The van der Waals surface area contributed by atoms with E-state index in [1.807, 2.05) is 24.3 Å². The molecular weight excluding hydrogens is 1320 g/mol. The van der Waals surface area contributed by atoms with Crippen LogP contribution in [0.2, 0.25) is 0 Å². The van der Waals surface area contributed by atoms with Gasteiger partial charge in [0.2, 0.25) is 19.7 Å². The third kappa shape index (κ3) is 9.93. The monoisotopic (exact) mass is 1390 g/mol. The van der Waals surface area contributed by atoms with Crippen LogP contribution in [0.1, 0.15) is 101 Å². The highest BCUT2D eigenvalue weighted by atomic mass is 32.2. The fraction of sp³-hybridized carbons (Fsp3) is 0.143. The van der Waals surface area contributed by atoms with Crippen molar-refractivity contribution in [2.24, 2.45) is 0 Å². The van der Waals surface area contributed by atoms with Gasteiger partial charge < -0.3 is 19.6 Å². The van der Waals surface area contributed by atoms with E-state index < -0.39 is 19.7 Å². The molecule has 12 aromatic rings. The minimum Gasteiger partial charge on any atom is -0.308 e. The molecule has 0 fully saturated rings. The van der Waals surface area contributed by atoms with Gasteiger partial charge in [-0.3, -0.25) is 0 Å². The summed E-state index contributed by atoms with van der Waals surface area (Å²) >= 11 is 7.10. The Hall–Kier alpha value is -8.86. The van der Waals surface area contributed by atoms with Crippen LogP contribution in [0.4, 0.5) is 68.2 Å². The Morgan fingerprint density at radius 1 is 0.224 bits per heavy atom. The second-order valence-corrected chi connectivity index (χ2v) is 34.9. The highest BCUT2D eigenvalue weighted by Crippen LogP contribution is 2.61. The van der Waals surface area contributed by atoms with Crippen LogP contribution in [0.3, 0.4) is 0 Å².